The molecule has 2 atom stereocenters. The molecule has 1 heterocycles. The van der Waals surface area contributed by atoms with Crippen molar-refractivity contribution >= 4 is 17.5 Å². The molecule has 0 radical (unpaired) electrons. The number of nitrogens with one attached hydrogen (secondary N) is 1. The molecule has 3 nitrogen and oxygen atoms in total. The minimum absolute atomic E-state index is 0.137. The zero-order valence-electron chi connectivity index (χ0n) is 14.1. The van der Waals surface area contributed by atoms with Gasteiger partial charge in [-0.1, -0.05) is 49.0 Å². The topological polar surface area (TPSA) is 38.3 Å². The van der Waals surface area contributed by atoms with Gasteiger partial charge in [-0.2, -0.15) is 0 Å². The number of Topliss-reactive ketones (excluding diaryl/α,β-unsaturated/α-hetero) is 1. The summed E-state index contributed by atoms with van der Waals surface area (Å²) in [5.41, 5.74) is 0.308. The van der Waals surface area contributed by atoms with Crippen LogP contribution in [0.3, 0.4) is 0 Å². The highest BCUT2D eigenvalue weighted by Crippen LogP contribution is 2.30. The Labute approximate surface area is 147 Å². The molecule has 0 aliphatic carbocycles. The second-order valence-corrected chi connectivity index (χ2v) is 7.51. The maximum absolute atomic E-state index is 12.8. The van der Waals surface area contributed by atoms with Gasteiger partial charge in [-0.15, -0.1) is 0 Å². The molecule has 0 bridgehead atoms. The second-order valence-electron chi connectivity index (χ2n) is 6.36. The smallest absolute Gasteiger partial charge is 0.168 e. The number of carbonyl (C=O) groups excluding carboxylic acids is 1. The zero-order valence-corrected chi connectivity index (χ0v) is 14.9. The number of ether oxygens (including phenoxy) is 1. The summed E-state index contributed by atoms with van der Waals surface area (Å²) in [7, 11) is 0. The summed E-state index contributed by atoms with van der Waals surface area (Å²) >= 11 is 1.70. The Morgan fingerprint density at radius 3 is 2.42 bits per heavy atom. The van der Waals surface area contributed by atoms with Gasteiger partial charge < -0.3 is 10.1 Å². The van der Waals surface area contributed by atoms with E-state index >= 15 is 0 Å². The first-order valence-corrected chi connectivity index (χ1v) is 9.12. The Morgan fingerprint density at radius 1 is 1.12 bits per heavy atom. The molecule has 2 unspecified atom stereocenters. The van der Waals surface area contributed by atoms with E-state index in [1.165, 1.54) is 4.90 Å². The fraction of sp³-hybridized carbons (Fsp3) is 0.350. The Hall–Kier alpha value is -1.62. The molecule has 0 aromatic heterocycles. The SMILES string of the molecule is CC(C(=O)c1ccc(Sc2ccccc2)cc1)C1(C)CNCCO1. The van der Waals surface area contributed by atoms with E-state index in [0.29, 0.717) is 13.2 Å². The lowest BCUT2D eigenvalue weighted by molar-refractivity contribution is -0.0774. The van der Waals surface area contributed by atoms with Crippen LogP contribution in [0.2, 0.25) is 0 Å². The van der Waals surface area contributed by atoms with Gasteiger partial charge in [0.25, 0.3) is 0 Å². The van der Waals surface area contributed by atoms with Crippen LogP contribution in [0.1, 0.15) is 24.2 Å². The molecule has 24 heavy (non-hydrogen) atoms. The summed E-state index contributed by atoms with van der Waals surface area (Å²) in [5.74, 6) is -0.0459. The van der Waals surface area contributed by atoms with Crippen molar-refractivity contribution in [1.29, 1.82) is 0 Å². The predicted octanol–water partition coefficient (Wildman–Crippen LogP) is 4.04. The largest absolute Gasteiger partial charge is 0.372 e. The summed E-state index contributed by atoms with van der Waals surface area (Å²) in [6, 6.07) is 18.1. The molecule has 0 spiro atoms. The zero-order chi connectivity index (χ0) is 17.0. The first kappa shape index (κ1) is 17.2. The number of ketones is 1. The summed E-state index contributed by atoms with van der Waals surface area (Å²) in [6.07, 6.45) is 0. The molecular weight excluding hydrogens is 318 g/mol. The number of carbonyl (C=O) groups is 1. The van der Waals surface area contributed by atoms with E-state index in [0.717, 1.165) is 17.0 Å². The van der Waals surface area contributed by atoms with Crippen molar-refractivity contribution in [2.45, 2.75) is 29.2 Å². The summed E-state index contributed by atoms with van der Waals surface area (Å²) in [6.45, 7) is 6.19. The minimum Gasteiger partial charge on any atom is -0.372 e. The molecule has 1 aliphatic heterocycles. The standard InChI is InChI=1S/C20H23NO2S/c1-15(20(2)14-21-12-13-23-20)19(22)16-8-10-18(11-9-16)24-17-6-4-3-5-7-17/h3-11,15,21H,12-14H2,1-2H3. The normalized spacial score (nSPS) is 22.1. The lowest BCUT2D eigenvalue weighted by atomic mass is 9.83. The van der Waals surface area contributed by atoms with Crippen LogP contribution in [0, 0.1) is 5.92 Å². The first-order chi connectivity index (χ1) is 11.6. The Morgan fingerprint density at radius 2 is 1.79 bits per heavy atom. The van der Waals surface area contributed by atoms with Crippen LogP contribution < -0.4 is 5.32 Å². The van der Waals surface area contributed by atoms with Gasteiger partial charge >= 0.3 is 0 Å². The third-order valence-corrected chi connectivity index (χ3v) is 5.63. The fourth-order valence-corrected chi connectivity index (χ4v) is 3.70. The lowest BCUT2D eigenvalue weighted by Crippen LogP contribution is -2.53. The van der Waals surface area contributed by atoms with E-state index in [9.17, 15) is 4.79 Å². The maximum atomic E-state index is 12.8. The van der Waals surface area contributed by atoms with Crippen molar-refractivity contribution in [2.75, 3.05) is 19.7 Å². The maximum Gasteiger partial charge on any atom is 0.168 e. The monoisotopic (exact) mass is 341 g/mol. The fourth-order valence-electron chi connectivity index (χ4n) is 2.86. The Kier molecular flexibility index (Phi) is 5.39. The average Bonchev–Trinajstić information content (AvgIpc) is 2.63. The molecule has 0 saturated carbocycles. The Balaban J connectivity index is 1.69. The molecule has 4 heteroatoms. The third kappa shape index (κ3) is 3.89. The molecule has 2 aromatic rings. The van der Waals surface area contributed by atoms with Gasteiger partial charge in [0.1, 0.15) is 0 Å². The lowest BCUT2D eigenvalue weighted by Gasteiger charge is -2.38. The van der Waals surface area contributed by atoms with Gasteiger partial charge in [0.15, 0.2) is 5.78 Å². The highest BCUT2D eigenvalue weighted by atomic mass is 32.2. The van der Waals surface area contributed by atoms with Gasteiger partial charge in [-0.3, -0.25) is 4.79 Å². The van der Waals surface area contributed by atoms with Crippen LogP contribution in [0.15, 0.2) is 64.4 Å². The number of benzene rings is 2. The van der Waals surface area contributed by atoms with Gasteiger partial charge in [0, 0.05) is 34.4 Å². The second kappa shape index (κ2) is 7.51. The van der Waals surface area contributed by atoms with E-state index in [2.05, 4.69) is 17.4 Å². The van der Waals surface area contributed by atoms with E-state index < -0.39 is 5.60 Å². The van der Waals surface area contributed by atoms with Crippen LogP contribution in [-0.4, -0.2) is 31.1 Å². The highest BCUT2D eigenvalue weighted by molar-refractivity contribution is 7.99. The molecule has 1 aliphatic rings. The summed E-state index contributed by atoms with van der Waals surface area (Å²) in [4.78, 5) is 15.1. The quantitative estimate of drug-likeness (QED) is 0.833. The van der Waals surface area contributed by atoms with Crippen LogP contribution in [0.25, 0.3) is 0 Å². The molecule has 126 valence electrons. The first-order valence-electron chi connectivity index (χ1n) is 8.30. The molecule has 1 fully saturated rings. The summed E-state index contributed by atoms with van der Waals surface area (Å²) in [5, 5.41) is 3.32. The van der Waals surface area contributed by atoms with Crippen molar-refractivity contribution in [2.24, 2.45) is 5.92 Å². The van der Waals surface area contributed by atoms with Gasteiger partial charge in [0.2, 0.25) is 0 Å². The van der Waals surface area contributed by atoms with Crippen molar-refractivity contribution in [3.05, 3.63) is 60.2 Å². The Bertz CT molecular complexity index is 679. The highest BCUT2D eigenvalue weighted by Gasteiger charge is 2.38. The van der Waals surface area contributed by atoms with Crippen LogP contribution in [0.4, 0.5) is 0 Å². The van der Waals surface area contributed by atoms with Crippen molar-refractivity contribution in [1.82, 2.24) is 5.32 Å². The molecule has 0 amide bonds. The minimum atomic E-state index is -0.438. The van der Waals surface area contributed by atoms with E-state index in [1.54, 1.807) is 11.8 Å². The van der Waals surface area contributed by atoms with Gasteiger partial charge in [-0.25, -0.2) is 0 Å². The predicted molar refractivity (Wildman–Crippen MR) is 97.7 cm³/mol. The molecule has 1 N–H and O–H groups in total. The van der Waals surface area contributed by atoms with Crippen LogP contribution in [0.5, 0.6) is 0 Å². The summed E-state index contributed by atoms with van der Waals surface area (Å²) < 4.78 is 5.89. The van der Waals surface area contributed by atoms with Crippen molar-refractivity contribution in [3.8, 4) is 0 Å². The molecule has 1 saturated heterocycles. The number of morpholine rings is 1. The molecule has 3 rings (SSSR count). The van der Waals surface area contributed by atoms with Crippen molar-refractivity contribution in [3.63, 3.8) is 0 Å². The number of hydrogen-bond donors (Lipinski definition) is 1. The van der Waals surface area contributed by atoms with Gasteiger partial charge in [0.05, 0.1) is 12.2 Å². The molecular formula is C20H23NO2S. The molecule has 2 aromatic carbocycles. The number of hydrogen-bond acceptors (Lipinski definition) is 4. The average molecular weight is 341 g/mol. The number of rotatable bonds is 5. The van der Waals surface area contributed by atoms with Crippen molar-refractivity contribution < 1.29 is 9.53 Å². The third-order valence-electron chi connectivity index (χ3n) is 4.61. The van der Waals surface area contributed by atoms with Crippen LogP contribution >= 0.6 is 11.8 Å². The van der Waals surface area contributed by atoms with E-state index in [4.69, 9.17) is 4.74 Å². The van der Waals surface area contributed by atoms with Gasteiger partial charge in [-0.05, 0) is 31.2 Å². The van der Waals surface area contributed by atoms with E-state index in [1.807, 2.05) is 56.3 Å². The van der Waals surface area contributed by atoms with E-state index in [-0.39, 0.29) is 11.7 Å². The van der Waals surface area contributed by atoms with Crippen LogP contribution in [-0.2, 0) is 4.74 Å².